The average molecular weight is 331 g/mol. The number of hydrogen-bond donors (Lipinski definition) is 0. The molecule has 0 heterocycles. The lowest BCUT2D eigenvalue weighted by Gasteiger charge is -2.18. The van der Waals surface area contributed by atoms with Gasteiger partial charge in [-0.25, -0.2) is 0 Å². The molecular weight excluding hydrogens is 316 g/mol. The van der Waals surface area contributed by atoms with E-state index in [2.05, 4.69) is 15.9 Å². The molecule has 1 aliphatic rings. The van der Waals surface area contributed by atoms with Crippen molar-refractivity contribution in [1.82, 2.24) is 0 Å². The molecule has 102 valence electrons. The van der Waals surface area contributed by atoms with Gasteiger partial charge in [-0.3, -0.25) is 4.79 Å². The van der Waals surface area contributed by atoms with Crippen molar-refractivity contribution >= 4 is 21.7 Å². The van der Waals surface area contributed by atoms with Gasteiger partial charge in [0.15, 0.2) is 5.78 Å². The average Bonchev–Trinajstić information content (AvgIpc) is 2.46. The van der Waals surface area contributed by atoms with Gasteiger partial charge in [0, 0.05) is 22.0 Å². The van der Waals surface area contributed by atoms with Gasteiger partial charge in [-0.15, -0.1) is 0 Å². The number of rotatable bonds is 3. The quantitative estimate of drug-likeness (QED) is 0.825. The summed E-state index contributed by atoms with van der Waals surface area (Å²) in [6.45, 7) is 0.518. The van der Waals surface area contributed by atoms with Gasteiger partial charge in [-0.2, -0.15) is 0 Å². The topological polar surface area (TPSA) is 26.3 Å². The summed E-state index contributed by atoms with van der Waals surface area (Å²) in [5.74, 6) is 1.08. The predicted octanol–water partition coefficient (Wildman–Crippen LogP) is 4.55. The van der Waals surface area contributed by atoms with Gasteiger partial charge in [0.1, 0.15) is 12.4 Å². The highest BCUT2D eigenvalue weighted by atomic mass is 79.9. The van der Waals surface area contributed by atoms with Crippen molar-refractivity contribution in [3.8, 4) is 5.75 Å². The SMILES string of the molecule is O=C1CCCc2c(OCc3cccc(Br)c3)cccc21. The Kier molecular flexibility index (Phi) is 3.88. The monoisotopic (exact) mass is 330 g/mol. The molecule has 2 aromatic carbocycles. The second-order valence-corrected chi connectivity index (χ2v) is 5.89. The highest BCUT2D eigenvalue weighted by molar-refractivity contribution is 9.10. The summed E-state index contributed by atoms with van der Waals surface area (Å²) in [5.41, 5.74) is 3.01. The summed E-state index contributed by atoms with van der Waals surface area (Å²) >= 11 is 3.46. The van der Waals surface area contributed by atoms with E-state index >= 15 is 0 Å². The minimum absolute atomic E-state index is 0.235. The first-order chi connectivity index (χ1) is 9.74. The molecule has 0 bridgehead atoms. The second-order valence-electron chi connectivity index (χ2n) is 4.98. The fourth-order valence-corrected chi connectivity index (χ4v) is 3.01. The van der Waals surface area contributed by atoms with Crippen LogP contribution in [0.15, 0.2) is 46.9 Å². The van der Waals surface area contributed by atoms with E-state index in [9.17, 15) is 4.79 Å². The minimum Gasteiger partial charge on any atom is -0.489 e. The van der Waals surface area contributed by atoms with Crippen molar-refractivity contribution in [2.24, 2.45) is 0 Å². The van der Waals surface area contributed by atoms with Crippen LogP contribution in [0.4, 0.5) is 0 Å². The van der Waals surface area contributed by atoms with E-state index in [1.807, 2.05) is 42.5 Å². The summed E-state index contributed by atoms with van der Waals surface area (Å²) in [5, 5.41) is 0. The molecule has 0 spiro atoms. The minimum atomic E-state index is 0.235. The summed E-state index contributed by atoms with van der Waals surface area (Å²) < 4.78 is 6.97. The number of halogens is 1. The summed E-state index contributed by atoms with van der Waals surface area (Å²) in [7, 11) is 0. The number of hydrogen-bond acceptors (Lipinski definition) is 2. The van der Waals surface area contributed by atoms with Gasteiger partial charge in [0.05, 0.1) is 0 Å². The number of Topliss-reactive ketones (excluding diaryl/α,β-unsaturated/α-hetero) is 1. The normalized spacial score (nSPS) is 13.9. The molecule has 0 saturated carbocycles. The molecule has 0 amide bonds. The molecule has 2 aromatic rings. The number of ketones is 1. The number of benzene rings is 2. The maximum absolute atomic E-state index is 11.9. The number of ether oxygens (including phenoxy) is 1. The standard InChI is InChI=1S/C17H15BrO2/c18-13-5-1-4-12(10-13)11-20-17-9-3-6-14-15(17)7-2-8-16(14)19/h1,3-6,9-10H,2,7-8,11H2. The molecule has 0 saturated heterocycles. The van der Waals surface area contributed by atoms with Crippen LogP contribution in [0.1, 0.15) is 34.3 Å². The number of fused-ring (bicyclic) bond motifs is 1. The fraction of sp³-hybridized carbons (Fsp3) is 0.235. The summed E-state index contributed by atoms with van der Waals surface area (Å²) in [6.07, 6.45) is 2.50. The van der Waals surface area contributed by atoms with Crippen LogP contribution in [0.2, 0.25) is 0 Å². The zero-order valence-electron chi connectivity index (χ0n) is 11.1. The molecule has 3 rings (SSSR count). The molecule has 0 fully saturated rings. The van der Waals surface area contributed by atoms with E-state index in [4.69, 9.17) is 4.74 Å². The maximum atomic E-state index is 11.9. The Morgan fingerprint density at radius 3 is 2.80 bits per heavy atom. The van der Waals surface area contributed by atoms with Crippen LogP contribution in [0.25, 0.3) is 0 Å². The lowest BCUT2D eigenvalue weighted by Crippen LogP contribution is -2.12. The molecule has 0 aliphatic heterocycles. The van der Waals surface area contributed by atoms with Crippen molar-refractivity contribution in [2.75, 3.05) is 0 Å². The van der Waals surface area contributed by atoms with Gasteiger partial charge in [0.2, 0.25) is 0 Å². The first-order valence-electron chi connectivity index (χ1n) is 6.76. The second kappa shape index (κ2) is 5.80. The van der Waals surface area contributed by atoms with Crippen LogP contribution in [0, 0.1) is 0 Å². The fourth-order valence-electron chi connectivity index (χ4n) is 2.57. The zero-order valence-corrected chi connectivity index (χ0v) is 12.7. The van der Waals surface area contributed by atoms with Crippen molar-refractivity contribution in [2.45, 2.75) is 25.9 Å². The first kappa shape index (κ1) is 13.4. The molecule has 0 atom stereocenters. The van der Waals surface area contributed by atoms with E-state index < -0.39 is 0 Å². The lowest BCUT2D eigenvalue weighted by molar-refractivity contribution is 0.0971. The van der Waals surface area contributed by atoms with Crippen LogP contribution in [0.5, 0.6) is 5.75 Å². The third kappa shape index (κ3) is 2.78. The Morgan fingerprint density at radius 1 is 1.10 bits per heavy atom. The van der Waals surface area contributed by atoms with Crippen LogP contribution >= 0.6 is 15.9 Å². The lowest BCUT2D eigenvalue weighted by atomic mass is 9.90. The zero-order chi connectivity index (χ0) is 13.9. The van der Waals surface area contributed by atoms with Gasteiger partial charge in [-0.05, 0) is 36.6 Å². The van der Waals surface area contributed by atoms with Crippen molar-refractivity contribution in [3.63, 3.8) is 0 Å². The molecule has 20 heavy (non-hydrogen) atoms. The van der Waals surface area contributed by atoms with Crippen molar-refractivity contribution in [3.05, 3.63) is 63.6 Å². The Labute approximate surface area is 126 Å². The number of carbonyl (C=O) groups is 1. The van der Waals surface area contributed by atoms with Crippen LogP contribution < -0.4 is 4.74 Å². The summed E-state index contributed by atoms with van der Waals surface area (Å²) in [6, 6.07) is 13.8. The third-order valence-corrected chi connectivity index (χ3v) is 4.04. The van der Waals surface area contributed by atoms with E-state index in [1.54, 1.807) is 0 Å². The van der Waals surface area contributed by atoms with E-state index in [0.717, 1.165) is 39.8 Å². The van der Waals surface area contributed by atoms with Gasteiger partial charge in [0.25, 0.3) is 0 Å². The molecule has 3 heteroatoms. The van der Waals surface area contributed by atoms with Crippen LogP contribution in [-0.2, 0) is 13.0 Å². The van der Waals surface area contributed by atoms with E-state index in [0.29, 0.717) is 13.0 Å². The molecular formula is C17H15BrO2. The van der Waals surface area contributed by atoms with E-state index in [1.165, 1.54) is 0 Å². The smallest absolute Gasteiger partial charge is 0.163 e. The Bertz CT molecular complexity index is 649. The number of carbonyl (C=O) groups excluding carboxylic acids is 1. The highest BCUT2D eigenvalue weighted by Crippen LogP contribution is 2.30. The third-order valence-electron chi connectivity index (χ3n) is 3.55. The first-order valence-corrected chi connectivity index (χ1v) is 7.55. The largest absolute Gasteiger partial charge is 0.489 e. The van der Waals surface area contributed by atoms with Crippen molar-refractivity contribution < 1.29 is 9.53 Å². The molecule has 0 radical (unpaired) electrons. The summed E-state index contributed by atoms with van der Waals surface area (Å²) in [4.78, 5) is 11.9. The Hall–Kier alpha value is -1.61. The van der Waals surface area contributed by atoms with Gasteiger partial charge < -0.3 is 4.74 Å². The highest BCUT2D eigenvalue weighted by Gasteiger charge is 2.20. The van der Waals surface area contributed by atoms with Crippen LogP contribution in [0.3, 0.4) is 0 Å². The maximum Gasteiger partial charge on any atom is 0.163 e. The molecule has 1 aliphatic carbocycles. The molecule has 2 nitrogen and oxygen atoms in total. The van der Waals surface area contributed by atoms with Crippen LogP contribution in [-0.4, -0.2) is 5.78 Å². The molecule has 0 unspecified atom stereocenters. The van der Waals surface area contributed by atoms with Gasteiger partial charge in [-0.1, -0.05) is 40.2 Å². The van der Waals surface area contributed by atoms with E-state index in [-0.39, 0.29) is 5.78 Å². The Morgan fingerprint density at radius 2 is 1.95 bits per heavy atom. The predicted molar refractivity (Wildman–Crippen MR) is 82.2 cm³/mol. The molecule has 0 aromatic heterocycles. The Balaban J connectivity index is 1.81. The van der Waals surface area contributed by atoms with Crippen molar-refractivity contribution in [1.29, 1.82) is 0 Å². The van der Waals surface area contributed by atoms with Gasteiger partial charge >= 0.3 is 0 Å². The molecule has 0 N–H and O–H groups in total.